The second kappa shape index (κ2) is 11.3. The van der Waals surface area contributed by atoms with Crippen LogP contribution in [0.4, 0.5) is 0 Å². The van der Waals surface area contributed by atoms with E-state index >= 15 is 0 Å². The van der Waals surface area contributed by atoms with Gasteiger partial charge in [0.25, 0.3) is 0 Å². The van der Waals surface area contributed by atoms with E-state index in [-0.39, 0.29) is 0 Å². The monoisotopic (exact) mass is 325 g/mol. The first kappa shape index (κ1) is 16.5. The average Bonchev–Trinajstić information content (AvgIpc) is 2.46. The van der Waals surface area contributed by atoms with Crippen molar-refractivity contribution in [3.05, 3.63) is 43.0 Å². The van der Waals surface area contributed by atoms with Crippen LogP contribution >= 0.6 is 0 Å². The van der Waals surface area contributed by atoms with Crippen LogP contribution in [0, 0.1) is 0 Å². The molecule has 2 heteroatoms. The topological polar surface area (TPSA) is 12.0 Å². The zero-order valence-electron chi connectivity index (χ0n) is 12.1. The van der Waals surface area contributed by atoms with E-state index in [1.807, 2.05) is 6.08 Å². The van der Waals surface area contributed by atoms with Gasteiger partial charge in [-0.2, -0.15) is 0 Å². The summed E-state index contributed by atoms with van der Waals surface area (Å²) in [7, 11) is 0. The van der Waals surface area contributed by atoms with E-state index in [2.05, 4.69) is 49.2 Å². The Morgan fingerprint density at radius 2 is 2.00 bits per heavy atom. The normalized spacial score (nSPS) is 12.3. The number of rotatable bonds is 11. The molecular formula is C17H27NSe. The van der Waals surface area contributed by atoms with Gasteiger partial charge in [0.15, 0.2) is 0 Å². The second-order valence-corrected chi connectivity index (χ2v) is 7.16. The van der Waals surface area contributed by atoms with Crippen LogP contribution in [0.15, 0.2) is 43.0 Å². The minimum absolute atomic E-state index is 0.588. The van der Waals surface area contributed by atoms with Crippen molar-refractivity contribution in [2.75, 3.05) is 6.54 Å². The molecule has 0 aromatic heterocycles. The summed E-state index contributed by atoms with van der Waals surface area (Å²) in [6.45, 7) is 7.01. The Kier molecular flexibility index (Phi) is 9.79. The van der Waals surface area contributed by atoms with Gasteiger partial charge in [0, 0.05) is 0 Å². The van der Waals surface area contributed by atoms with Crippen LogP contribution in [0.1, 0.15) is 39.0 Å². The van der Waals surface area contributed by atoms with Crippen LogP contribution in [0.2, 0.25) is 5.32 Å². The molecule has 0 aliphatic heterocycles. The van der Waals surface area contributed by atoms with E-state index < -0.39 is 0 Å². The molecule has 1 unspecified atom stereocenters. The summed E-state index contributed by atoms with van der Waals surface area (Å²) in [5.41, 5.74) is 0. The van der Waals surface area contributed by atoms with Crippen LogP contribution in [0.5, 0.6) is 0 Å². The Hall–Kier alpha value is -0.561. The van der Waals surface area contributed by atoms with Crippen molar-refractivity contribution < 1.29 is 0 Å². The van der Waals surface area contributed by atoms with Crippen molar-refractivity contribution in [3.63, 3.8) is 0 Å². The molecule has 1 rings (SSSR count). The van der Waals surface area contributed by atoms with Gasteiger partial charge in [-0.15, -0.1) is 0 Å². The van der Waals surface area contributed by atoms with Gasteiger partial charge in [0.05, 0.1) is 0 Å². The molecule has 0 saturated carbocycles. The number of hydrogen-bond donors (Lipinski definition) is 1. The molecule has 106 valence electrons. The van der Waals surface area contributed by atoms with Crippen molar-refractivity contribution in [2.45, 2.75) is 50.4 Å². The van der Waals surface area contributed by atoms with Gasteiger partial charge in [-0.25, -0.2) is 0 Å². The standard InChI is InChI=1S/C17H27NSe/c1-3-5-6-8-11-16(18-14-4-2)15-19-17-12-9-7-10-13-17/h4,7,9-10,12-13,16,18H,2-3,5-6,8,11,14-15H2,1H3. The van der Waals surface area contributed by atoms with E-state index in [4.69, 9.17) is 0 Å². The average molecular weight is 324 g/mol. The molecule has 1 nitrogen and oxygen atoms in total. The molecule has 0 radical (unpaired) electrons. The molecule has 1 atom stereocenters. The molecular weight excluding hydrogens is 297 g/mol. The summed E-state index contributed by atoms with van der Waals surface area (Å²) in [5.74, 6) is 0. The maximum absolute atomic E-state index is 3.80. The van der Waals surface area contributed by atoms with E-state index in [0.717, 1.165) is 6.54 Å². The number of unbranched alkanes of at least 4 members (excludes halogenated alkanes) is 3. The summed E-state index contributed by atoms with van der Waals surface area (Å²) in [6, 6.07) is 11.5. The van der Waals surface area contributed by atoms with Gasteiger partial charge < -0.3 is 0 Å². The minimum atomic E-state index is 0.588. The summed E-state index contributed by atoms with van der Waals surface area (Å²) >= 11 is 0.588. The number of benzene rings is 1. The van der Waals surface area contributed by atoms with Crippen LogP contribution in [0.25, 0.3) is 0 Å². The van der Waals surface area contributed by atoms with Gasteiger partial charge in [0.2, 0.25) is 0 Å². The van der Waals surface area contributed by atoms with Crippen molar-refractivity contribution in [3.8, 4) is 0 Å². The molecule has 0 heterocycles. The van der Waals surface area contributed by atoms with Gasteiger partial charge in [-0.1, -0.05) is 0 Å². The predicted octanol–water partition coefficient (Wildman–Crippen LogP) is 3.55. The Balaban J connectivity index is 2.29. The van der Waals surface area contributed by atoms with Gasteiger partial charge >= 0.3 is 125 Å². The Morgan fingerprint density at radius 3 is 2.68 bits per heavy atom. The molecule has 0 fully saturated rings. The zero-order chi connectivity index (χ0) is 13.8. The first-order chi connectivity index (χ1) is 9.36. The van der Waals surface area contributed by atoms with Gasteiger partial charge in [-0.3, -0.25) is 0 Å². The van der Waals surface area contributed by atoms with Gasteiger partial charge in [-0.05, 0) is 0 Å². The second-order valence-electron chi connectivity index (χ2n) is 4.87. The predicted molar refractivity (Wildman–Crippen MR) is 87.4 cm³/mol. The van der Waals surface area contributed by atoms with Crippen LogP contribution in [-0.2, 0) is 0 Å². The molecule has 1 aromatic carbocycles. The molecule has 0 aliphatic rings. The molecule has 0 bridgehead atoms. The number of hydrogen-bond acceptors (Lipinski definition) is 1. The third-order valence-corrected chi connectivity index (χ3v) is 5.62. The quantitative estimate of drug-likeness (QED) is 0.373. The molecule has 1 aromatic rings. The summed E-state index contributed by atoms with van der Waals surface area (Å²) in [5, 5.41) is 4.90. The van der Waals surface area contributed by atoms with Crippen molar-refractivity contribution in [1.29, 1.82) is 0 Å². The third-order valence-electron chi connectivity index (χ3n) is 3.15. The van der Waals surface area contributed by atoms with Crippen molar-refractivity contribution >= 4 is 19.4 Å². The SMILES string of the molecule is C=CCNC(CCCCCC)C[Se]c1ccccc1. The Bertz CT molecular complexity index is 323. The van der Waals surface area contributed by atoms with E-state index in [9.17, 15) is 0 Å². The molecule has 0 spiro atoms. The summed E-state index contributed by atoms with van der Waals surface area (Å²) in [4.78, 5) is 0. The van der Waals surface area contributed by atoms with E-state index in [1.54, 1.807) is 0 Å². The van der Waals surface area contributed by atoms with E-state index in [1.165, 1.54) is 41.9 Å². The fourth-order valence-electron chi connectivity index (χ4n) is 2.03. The summed E-state index contributed by atoms with van der Waals surface area (Å²) in [6.07, 6.45) is 8.70. The fraction of sp³-hybridized carbons (Fsp3) is 0.529. The van der Waals surface area contributed by atoms with Crippen molar-refractivity contribution in [2.24, 2.45) is 0 Å². The fourth-order valence-corrected chi connectivity index (χ4v) is 4.18. The van der Waals surface area contributed by atoms with Crippen LogP contribution in [0.3, 0.4) is 0 Å². The van der Waals surface area contributed by atoms with Gasteiger partial charge in [0.1, 0.15) is 0 Å². The van der Waals surface area contributed by atoms with Crippen LogP contribution in [-0.4, -0.2) is 27.5 Å². The molecule has 0 saturated heterocycles. The third kappa shape index (κ3) is 8.26. The molecule has 1 N–H and O–H groups in total. The first-order valence-electron chi connectivity index (χ1n) is 7.39. The molecule has 0 amide bonds. The van der Waals surface area contributed by atoms with E-state index in [0.29, 0.717) is 21.0 Å². The molecule has 19 heavy (non-hydrogen) atoms. The zero-order valence-corrected chi connectivity index (χ0v) is 13.8. The van der Waals surface area contributed by atoms with Crippen molar-refractivity contribution in [1.82, 2.24) is 5.32 Å². The maximum atomic E-state index is 3.80. The summed E-state index contributed by atoms with van der Waals surface area (Å²) < 4.78 is 1.51. The Morgan fingerprint density at radius 1 is 1.21 bits per heavy atom. The number of nitrogens with one attached hydrogen (secondary N) is 1. The van der Waals surface area contributed by atoms with Crippen LogP contribution < -0.4 is 9.78 Å². The first-order valence-corrected chi connectivity index (χ1v) is 9.45. The molecule has 0 aliphatic carbocycles. The Labute approximate surface area is 125 Å².